The van der Waals surface area contributed by atoms with Crippen LogP contribution in [0.4, 0.5) is 0 Å². The van der Waals surface area contributed by atoms with Gasteiger partial charge < -0.3 is 5.73 Å². The second-order valence-corrected chi connectivity index (χ2v) is 5.50. The molecule has 0 aliphatic rings. The lowest BCUT2D eigenvalue weighted by Crippen LogP contribution is -2.32. The van der Waals surface area contributed by atoms with Crippen LogP contribution in [-0.4, -0.2) is 37.0 Å². The number of hydrogen-bond donors (Lipinski definition) is 1. The summed E-state index contributed by atoms with van der Waals surface area (Å²) in [6, 6.07) is 6.83. The van der Waals surface area contributed by atoms with Crippen molar-refractivity contribution in [2.45, 2.75) is 19.9 Å². The van der Waals surface area contributed by atoms with Gasteiger partial charge >= 0.3 is 0 Å². The van der Waals surface area contributed by atoms with Crippen LogP contribution in [0.3, 0.4) is 0 Å². The minimum absolute atomic E-state index is 0.335. The van der Waals surface area contributed by atoms with E-state index in [1.807, 2.05) is 11.8 Å². The number of nitrogens with zero attached hydrogens (tertiary/aromatic N) is 1. The van der Waals surface area contributed by atoms with Gasteiger partial charge in [-0.25, -0.2) is 0 Å². The smallest absolute Gasteiger partial charge is 0.0470 e. The molecule has 0 saturated heterocycles. The number of thioether (sulfide) groups is 1. The minimum atomic E-state index is 0.335. The molecule has 1 aromatic carbocycles. The third-order valence-electron chi connectivity index (χ3n) is 3.41. The van der Waals surface area contributed by atoms with Crippen LogP contribution in [0.5, 0.6) is 0 Å². The van der Waals surface area contributed by atoms with E-state index in [1.54, 1.807) is 0 Å². The SMILES string of the molecule is CSCCN(C)C(CN)c1cccc(C)c1C. The van der Waals surface area contributed by atoms with Gasteiger partial charge in [0.05, 0.1) is 0 Å². The Kier molecular flexibility index (Phi) is 6.03. The fraction of sp³-hybridized carbons (Fsp3) is 0.571. The Morgan fingerprint density at radius 1 is 1.35 bits per heavy atom. The van der Waals surface area contributed by atoms with E-state index in [0.717, 1.165) is 12.3 Å². The summed E-state index contributed by atoms with van der Waals surface area (Å²) in [6.45, 7) is 6.11. The molecular formula is C14H24N2S. The summed E-state index contributed by atoms with van der Waals surface area (Å²) in [4.78, 5) is 2.36. The third kappa shape index (κ3) is 3.73. The van der Waals surface area contributed by atoms with E-state index >= 15 is 0 Å². The van der Waals surface area contributed by atoms with Crippen molar-refractivity contribution in [1.29, 1.82) is 0 Å². The molecule has 0 saturated carbocycles. The molecule has 0 aromatic heterocycles. The zero-order valence-corrected chi connectivity index (χ0v) is 12.2. The Morgan fingerprint density at radius 3 is 2.65 bits per heavy atom. The molecule has 1 aromatic rings. The molecule has 0 spiro atoms. The topological polar surface area (TPSA) is 29.3 Å². The summed E-state index contributed by atoms with van der Waals surface area (Å²) in [5.74, 6) is 1.15. The normalized spacial score (nSPS) is 13.1. The number of hydrogen-bond acceptors (Lipinski definition) is 3. The molecule has 96 valence electrons. The Bertz CT molecular complexity index is 352. The van der Waals surface area contributed by atoms with Crippen molar-refractivity contribution in [3.8, 4) is 0 Å². The summed E-state index contributed by atoms with van der Waals surface area (Å²) >= 11 is 1.88. The van der Waals surface area contributed by atoms with Crippen LogP contribution < -0.4 is 5.73 Å². The van der Waals surface area contributed by atoms with Crippen molar-refractivity contribution < 1.29 is 0 Å². The molecule has 1 unspecified atom stereocenters. The highest BCUT2D eigenvalue weighted by Gasteiger charge is 2.17. The highest BCUT2D eigenvalue weighted by molar-refractivity contribution is 7.98. The van der Waals surface area contributed by atoms with Gasteiger partial charge in [-0.1, -0.05) is 18.2 Å². The second kappa shape index (κ2) is 7.04. The first kappa shape index (κ1) is 14.6. The summed E-state index contributed by atoms with van der Waals surface area (Å²) in [7, 11) is 2.16. The number of aryl methyl sites for hydroxylation is 1. The fourth-order valence-electron chi connectivity index (χ4n) is 2.07. The van der Waals surface area contributed by atoms with Gasteiger partial charge in [-0.15, -0.1) is 0 Å². The van der Waals surface area contributed by atoms with Crippen molar-refractivity contribution in [2.75, 3.05) is 32.1 Å². The van der Waals surface area contributed by atoms with Crippen molar-refractivity contribution in [1.82, 2.24) is 4.90 Å². The molecule has 0 bridgehead atoms. The van der Waals surface area contributed by atoms with Crippen LogP contribution in [0.1, 0.15) is 22.7 Å². The fourth-order valence-corrected chi connectivity index (χ4v) is 2.54. The average Bonchev–Trinajstić information content (AvgIpc) is 2.32. The maximum atomic E-state index is 5.95. The Hall–Kier alpha value is -0.510. The maximum Gasteiger partial charge on any atom is 0.0470 e. The average molecular weight is 252 g/mol. The first-order valence-electron chi connectivity index (χ1n) is 6.07. The van der Waals surface area contributed by atoms with Gasteiger partial charge in [0.25, 0.3) is 0 Å². The van der Waals surface area contributed by atoms with E-state index < -0.39 is 0 Å². The first-order chi connectivity index (χ1) is 8.11. The second-order valence-electron chi connectivity index (χ2n) is 4.51. The van der Waals surface area contributed by atoms with Gasteiger partial charge in [0.15, 0.2) is 0 Å². The lowest BCUT2D eigenvalue weighted by molar-refractivity contribution is 0.265. The molecule has 2 N–H and O–H groups in total. The molecule has 0 heterocycles. The minimum Gasteiger partial charge on any atom is -0.329 e. The van der Waals surface area contributed by atoms with Gasteiger partial charge in [-0.05, 0) is 43.8 Å². The van der Waals surface area contributed by atoms with Crippen LogP contribution in [-0.2, 0) is 0 Å². The zero-order chi connectivity index (χ0) is 12.8. The van der Waals surface area contributed by atoms with Crippen LogP contribution in [0.15, 0.2) is 18.2 Å². The Labute approximate surface area is 110 Å². The van der Waals surface area contributed by atoms with Crippen LogP contribution >= 0.6 is 11.8 Å². The Balaban J connectivity index is 2.89. The summed E-state index contributed by atoms with van der Waals surface area (Å²) in [6.07, 6.45) is 2.14. The van der Waals surface area contributed by atoms with Crippen LogP contribution in [0.2, 0.25) is 0 Å². The lowest BCUT2D eigenvalue weighted by atomic mass is 9.96. The molecule has 0 radical (unpaired) electrons. The molecule has 2 nitrogen and oxygen atoms in total. The van der Waals surface area contributed by atoms with E-state index in [0.29, 0.717) is 12.6 Å². The van der Waals surface area contributed by atoms with E-state index in [4.69, 9.17) is 5.73 Å². The number of benzene rings is 1. The van der Waals surface area contributed by atoms with Crippen molar-refractivity contribution >= 4 is 11.8 Å². The molecule has 1 rings (SSSR count). The standard InChI is InChI=1S/C14H24N2S/c1-11-6-5-7-13(12(11)2)14(10-15)16(3)8-9-17-4/h5-7,14H,8-10,15H2,1-4H3. The van der Waals surface area contributed by atoms with E-state index in [-0.39, 0.29) is 0 Å². The number of nitrogens with two attached hydrogens (primary N) is 1. The maximum absolute atomic E-state index is 5.95. The van der Waals surface area contributed by atoms with E-state index in [9.17, 15) is 0 Å². The van der Waals surface area contributed by atoms with Gasteiger partial charge in [-0.3, -0.25) is 4.90 Å². The molecule has 1 atom stereocenters. The van der Waals surface area contributed by atoms with Gasteiger partial charge in [-0.2, -0.15) is 11.8 Å². The van der Waals surface area contributed by atoms with E-state index in [1.165, 1.54) is 16.7 Å². The van der Waals surface area contributed by atoms with E-state index in [2.05, 4.69) is 50.2 Å². The lowest BCUT2D eigenvalue weighted by Gasteiger charge is -2.28. The molecule has 0 fully saturated rings. The molecule has 0 amide bonds. The molecule has 17 heavy (non-hydrogen) atoms. The predicted octanol–water partition coefficient (Wildman–Crippen LogP) is 2.60. The molecular weight excluding hydrogens is 228 g/mol. The zero-order valence-electron chi connectivity index (χ0n) is 11.4. The largest absolute Gasteiger partial charge is 0.329 e. The molecule has 0 aliphatic carbocycles. The van der Waals surface area contributed by atoms with Gasteiger partial charge in [0.2, 0.25) is 0 Å². The predicted molar refractivity (Wildman–Crippen MR) is 78.7 cm³/mol. The van der Waals surface area contributed by atoms with Gasteiger partial charge in [0, 0.05) is 24.9 Å². The summed E-state index contributed by atoms with van der Waals surface area (Å²) in [5, 5.41) is 0. The van der Waals surface area contributed by atoms with Crippen LogP contribution in [0, 0.1) is 13.8 Å². The Morgan fingerprint density at radius 2 is 2.06 bits per heavy atom. The highest BCUT2D eigenvalue weighted by Crippen LogP contribution is 2.24. The third-order valence-corrected chi connectivity index (χ3v) is 4.00. The quantitative estimate of drug-likeness (QED) is 0.844. The summed E-state index contributed by atoms with van der Waals surface area (Å²) in [5.41, 5.74) is 10.0. The van der Waals surface area contributed by atoms with Crippen LogP contribution in [0.25, 0.3) is 0 Å². The van der Waals surface area contributed by atoms with Gasteiger partial charge in [0.1, 0.15) is 0 Å². The van der Waals surface area contributed by atoms with Crippen molar-refractivity contribution in [3.63, 3.8) is 0 Å². The highest BCUT2D eigenvalue weighted by atomic mass is 32.2. The first-order valence-corrected chi connectivity index (χ1v) is 7.46. The van der Waals surface area contributed by atoms with Crippen molar-refractivity contribution in [3.05, 3.63) is 34.9 Å². The monoisotopic (exact) mass is 252 g/mol. The number of rotatable bonds is 6. The summed E-state index contributed by atoms with van der Waals surface area (Å²) < 4.78 is 0. The molecule has 0 aliphatic heterocycles. The molecule has 3 heteroatoms. The number of likely N-dealkylation sites (N-methyl/N-ethyl adjacent to an activating group) is 1. The van der Waals surface area contributed by atoms with Crippen molar-refractivity contribution in [2.24, 2.45) is 5.73 Å².